The molecule has 0 aromatic rings. The van der Waals surface area contributed by atoms with Crippen LogP contribution in [0, 0.1) is 11.3 Å². The lowest BCUT2D eigenvalue weighted by atomic mass is 9.92. The molecule has 0 amide bonds. The van der Waals surface area contributed by atoms with E-state index in [-0.39, 0.29) is 19.6 Å². The van der Waals surface area contributed by atoms with Crippen LogP contribution in [0.1, 0.15) is 366 Å². The lowest BCUT2D eigenvalue weighted by Crippen LogP contribution is -2.40. The average Bonchev–Trinajstić information content (AvgIpc) is 3.46. The molecule has 1 fully saturated rings. The number of allylic oxidation sites excluding steroid dienone is 2. The predicted octanol–water partition coefficient (Wildman–Crippen LogP) is 21.1. The third kappa shape index (κ3) is 48.7. The molecule has 1 aliphatic heterocycles. The molecule has 0 spiro atoms. The first-order valence-electron chi connectivity index (χ1n) is 33.3. The van der Waals surface area contributed by atoms with E-state index in [9.17, 15) is 19.8 Å². The van der Waals surface area contributed by atoms with Gasteiger partial charge in [-0.15, -0.1) is 0 Å². The van der Waals surface area contributed by atoms with Gasteiger partial charge in [-0.25, -0.2) is 0 Å². The fraction of sp³-hybridized carbons (Fsp3) is 0.940. The first-order chi connectivity index (χ1) is 36.1. The fourth-order valence-electron chi connectivity index (χ4n) is 11.1. The lowest BCUT2D eigenvalue weighted by molar-refractivity contribution is -0.155. The maximum atomic E-state index is 12.5. The van der Waals surface area contributed by atoms with Crippen molar-refractivity contribution >= 4 is 11.9 Å². The van der Waals surface area contributed by atoms with Gasteiger partial charge in [0.1, 0.15) is 13.2 Å². The number of cyclic esters (lactones) is 2. The highest BCUT2D eigenvalue weighted by atomic mass is 16.6. The molecule has 1 saturated heterocycles. The Morgan fingerprint density at radius 2 is 0.589 bits per heavy atom. The minimum atomic E-state index is -1.12. The summed E-state index contributed by atoms with van der Waals surface area (Å²) in [5.74, 6) is -1.40. The lowest BCUT2D eigenvalue weighted by Gasteiger charge is -2.27. The number of aliphatic hydroxyl groups is 2. The molecule has 0 saturated carbocycles. The van der Waals surface area contributed by atoms with Crippen molar-refractivity contribution in [2.45, 2.75) is 366 Å². The molecule has 432 valence electrons. The van der Waals surface area contributed by atoms with Gasteiger partial charge in [0, 0.05) is 0 Å². The summed E-state index contributed by atoms with van der Waals surface area (Å²) >= 11 is 0. The van der Waals surface area contributed by atoms with E-state index >= 15 is 0 Å². The Morgan fingerprint density at radius 1 is 0.356 bits per heavy atom. The molecule has 0 aromatic carbocycles. The minimum Gasteiger partial charge on any atom is -0.465 e. The Bertz CT molecular complexity index is 1150. The summed E-state index contributed by atoms with van der Waals surface area (Å²) in [5, 5.41) is 19.2. The minimum absolute atomic E-state index is 0.00405. The number of esters is 2. The molecule has 6 heteroatoms. The van der Waals surface area contributed by atoms with Gasteiger partial charge in [-0.1, -0.05) is 340 Å². The Hall–Kier alpha value is -1.40. The van der Waals surface area contributed by atoms with Crippen molar-refractivity contribution in [2.24, 2.45) is 11.3 Å². The van der Waals surface area contributed by atoms with Gasteiger partial charge in [-0.05, 0) is 32.1 Å². The van der Waals surface area contributed by atoms with Gasteiger partial charge in [0.05, 0.1) is 31.0 Å². The number of carbonyl (C=O) groups is 2. The molecule has 0 aliphatic carbocycles. The van der Waals surface area contributed by atoms with E-state index in [1.165, 1.54) is 327 Å². The van der Waals surface area contributed by atoms with Crippen LogP contribution < -0.4 is 0 Å². The van der Waals surface area contributed by atoms with E-state index in [1.54, 1.807) is 0 Å². The standard InChI is InChI=1S/C67H128O6/c1-2-3-4-5-6-7-8-9-10-11-12-13-14-15-16-17-18-19-20-21-22-23-24-25-26-27-28-29-30-31-32-33-34-35-36-37-38-39-40-41-42-43-44-45-46-47-48-49-50-51-52-53-54-55-56-57-58-64-59-65(70)72-62-67(60-68,61-69)63-73-66(64)71/h35-36,64,68-69H,2-34,37-63H2,1H3/b36-35+. The van der Waals surface area contributed by atoms with E-state index in [4.69, 9.17) is 9.47 Å². The SMILES string of the molecule is CCCCCCCCCCCCCCCCCCCCCCCCCCCCCCCCCC/C=C/CCCCCCCCCCCCCCCCCCCCCCC1CC(=O)OCC(CO)(CO)COC1=O. The van der Waals surface area contributed by atoms with E-state index in [0.717, 1.165) is 19.3 Å². The quantitative estimate of drug-likeness (QED) is 0.0358. The van der Waals surface area contributed by atoms with Crippen LogP contribution in [0.25, 0.3) is 0 Å². The molecule has 2 N–H and O–H groups in total. The smallest absolute Gasteiger partial charge is 0.309 e. The van der Waals surface area contributed by atoms with Crippen LogP contribution in [0.3, 0.4) is 0 Å². The van der Waals surface area contributed by atoms with Crippen molar-refractivity contribution < 1.29 is 29.3 Å². The topological polar surface area (TPSA) is 93.1 Å². The monoisotopic (exact) mass is 1030 g/mol. The van der Waals surface area contributed by atoms with Gasteiger partial charge in [-0.2, -0.15) is 0 Å². The normalized spacial score (nSPS) is 15.2. The number of aliphatic hydroxyl groups excluding tert-OH is 2. The molecule has 73 heavy (non-hydrogen) atoms. The molecular weight excluding hydrogens is 901 g/mol. The van der Waals surface area contributed by atoms with Crippen molar-refractivity contribution in [3.8, 4) is 0 Å². The Kier molecular flexibility index (Phi) is 54.2. The summed E-state index contributed by atoms with van der Waals surface area (Å²) in [6.07, 6.45) is 81.6. The second-order valence-electron chi connectivity index (χ2n) is 23.9. The molecule has 1 unspecified atom stereocenters. The Morgan fingerprint density at radius 3 is 0.849 bits per heavy atom. The third-order valence-corrected chi connectivity index (χ3v) is 16.5. The maximum absolute atomic E-state index is 12.5. The van der Waals surface area contributed by atoms with E-state index < -0.39 is 36.5 Å². The average molecular weight is 1030 g/mol. The molecular formula is C67H128O6. The van der Waals surface area contributed by atoms with Crippen molar-refractivity contribution in [1.29, 1.82) is 0 Å². The van der Waals surface area contributed by atoms with E-state index in [1.807, 2.05) is 0 Å². The zero-order valence-electron chi connectivity index (χ0n) is 49.2. The number of rotatable bonds is 58. The van der Waals surface area contributed by atoms with Crippen molar-refractivity contribution in [3.63, 3.8) is 0 Å². The summed E-state index contributed by atoms with van der Waals surface area (Å²) in [6, 6.07) is 0. The second-order valence-corrected chi connectivity index (χ2v) is 23.9. The first-order valence-corrected chi connectivity index (χ1v) is 33.3. The van der Waals surface area contributed by atoms with Gasteiger partial charge in [0.15, 0.2) is 0 Å². The van der Waals surface area contributed by atoms with Crippen LogP contribution in [-0.2, 0) is 19.1 Å². The second kappa shape index (κ2) is 56.8. The van der Waals surface area contributed by atoms with E-state index in [2.05, 4.69) is 19.1 Å². The van der Waals surface area contributed by atoms with Gasteiger partial charge in [0.25, 0.3) is 0 Å². The summed E-state index contributed by atoms with van der Waals surface area (Å²) < 4.78 is 10.6. The molecule has 6 nitrogen and oxygen atoms in total. The first kappa shape index (κ1) is 69.6. The Labute approximate surface area is 455 Å². The van der Waals surface area contributed by atoms with Crippen LogP contribution in [0.5, 0.6) is 0 Å². The highest BCUT2D eigenvalue weighted by Crippen LogP contribution is 2.25. The molecule has 1 atom stereocenters. The predicted molar refractivity (Wildman–Crippen MR) is 315 cm³/mol. The van der Waals surface area contributed by atoms with Crippen LogP contribution in [0.15, 0.2) is 12.2 Å². The number of carbonyl (C=O) groups excluding carboxylic acids is 2. The summed E-state index contributed by atoms with van der Waals surface area (Å²) in [4.78, 5) is 24.7. The van der Waals surface area contributed by atoms with Crippen molar-refractivity contribution in [3.05, 3.63) is 12.2 Å². The molecule has 1 aliphatic rings. The summed E-state index contributed by atoms with van der Waals surface area (Å²) in [5.41, 5.74) is -1.12. The number of ether oxygens (including phenoxy) is 2. The zero-order valence-corrected chi connectivity index (χ0v) is 49.2. The highest BCUT2D eigenvalue weighted by Gasteiger charge is 2.36. The van der Waals surface area contributed by atoms with Crippen LogP contribution in [0.2, 0.25) is 0 Å². The third-order valence-electron chi connectivity index (χ3n) is 16.5. The Balaban J connectivity index is 1.68. The van der Waals surface area contributed by atoms with Gasteiger partial charge < -0.3 is 19.7 Å². The largest absolute Gasteiger partial charge is 0.465 e. The van der Waals surface area contributed by atoms with Gasteiger partial charge in [0.2, 0.25) is 0 Å². The van der Waals surface area contributed by atoms with Crippen LogP contribution >= 0.6 is 0 Å². The maximum Gasteiger partial charge on any atom is 0.309 e. The van der Waals surface area contributed by atoms with Crippen LogP contribution in [0.4, 0.5) is 0 Å². The number of unbranched alkanes of at least 4 members (excludes halogenated alkanes) is 52. The molecule has 0 radical (unpaired) electrons. The van der Waals surface area contributed by atoms with Gasteiger partial charge in [-0.3, -0.25) is 9.59 Å². The van der Waals surface area contributed by atoms with E-state index in [0.29, 0.717) is 6.42 Å². The molecule has 1 rings (SSSR count). The highest BCUT2D eigenvalue weighted by molar-refractivity contribution is 5.80. The molecule has 0 aromatic heterocycles. The summed E-state index contributed by atoms with van der Waals surface area (Å²) in [6.45, 7) is 1.21. The fourth-order valence-corrected chi connectivity index (χ4v) is 11.1. The molecule has 0 bridgehead atoms. The molecule has 1 heterocycles. The van der Waals surface area contributed by atoms with Gasteiger partial charge >= 0.3 is 11.9 Å². The zero-order chi connectivity index (χ0) is 52.5. The van der Waals surface area contributed by atoms with Crippen LogP contribution in [-0.4, -0.2) is 48.6 Å². The number of hydrogen-bond donors (Lipinski definition) is 2. The summed E-state index contributed by atoms with van der Waals surface area (Å²) in [7, 11) is 0. The van der Waals surface area contributed by atoms with Crippen molar-refractivity contribution in [2.75, 3.05) is 26.4 Å². The number of hydrogen-bond acceptors (Lipinski definition) is 6. The van der Waals surface area contributed by atoms with Crippen molar-refractivity contribution in [1.82, 2.24) is 0 Å².